The molecule has 0 aliphatic carbocycles. The number of aliphatic carboxylic acids is 1. The molecule has 0 bridgehead atoms. The monoisotopic (exact) mass is 652 g/mol. The van der Waals surface area contributed by atoms with E-state index in [-0.39, 0.29) is 35.9 Å². The van der Waals surface area contributed by atoms with E-state index < -0.39 is 11.9 Å². The predicted octanol–water partition coefficient (Wildman–Crippen LogP) is 8.08. The Hall–Kier alpha value is -1.04. The summed E-state index contributed by atoms with van der Waals surface area (Å²) in [5.41, 5.74) is 1.37. The second-order valence-corrected chi connectivity index (χ2v) is 9.76. The van der Waals surface area contributed by atoms with E-state index in [4.69, 9.17) is 0 Å². The van der Waals surface area contributed by atoms with Gasteiger partial charge in [0.05, 0.1) is 5.97 Å². The van der Waals surface area contributed by atoms with Gasteiger partial charge in [-0.25, -0.2) is 0 Å². The summed E-state index contributed by atoms with van der Waals surface area (Å²) in [6, 6.07) is 6.72. The van der Waals surface area contributed by atoms with E-state index in [9.17, 15) is 19.8 Å². The molecule has 0 aliphatic rings. The molecule has 0 heterocycles. The van der Waals surface area contributed by atoms with Crippen LogP contribution in [0.1, 0.15) is 166 Å². The van der Waals surface area contributed by atoms with Crippen LogP contribution in [0.15, 0.2) is 24.3 Å². The zero-order valence-corrected chi connectivity index (χ0v) is 28.9. The van der Waals surface area contributed by atoms with Crippen molar-refractivity contribution in [2.45, 2.75) is 156 Å². The van der Waals surface area contributed by atoms with Crippen LogP contribution >= 0.6 is 0 Å². The second-order valence-electron chi connectivity index (χ2n) is 9.76. The maximum Gasteiger partial charge on any atom is 2.00 e. The maximum absolute atomic E-state index is 10.3. The molecule has 0 saturated carbocycles. The van der Waals surface area contributed by atoms with Crippen LogP contribution in [-0.2, 0) is 11.2 Å². The van der Waals surface area contributed by atoms with Crippen LogP contribution in [0.2, 0.25) is 0 Å². The number of carbonyl (C=O) groups is 2. The smallest absolute Gasteiger partial charge is 0.550 e. The van der Waals surface area contributed by atoms with Crippen molar-refractivity contribution in [2.24, 2.45) is 0 Å². The molecule has 1 aromatic carbocycles. The van der Waals surface area contributed by atoms with Crippen molar-refractivity contribution in [1.29, 1.82) is 0 Å². The first-order valence-corrected chi connectivity index (χ1v) is 15.4. The fourth-order valence-corrected chi connectivity index (χ4v) is 3.34. The molecular weight excluding hydrogens is 591 g/mol. The molecule has 0 spiro atoms. The molecule has 1 aromatic rings. The molecule has 5 heteroatoms. The van der Waals surface area contributed by atoms with Gasteiger partial charge in [-0.15, -0.1) is 0 Å². The van der Waals surface area contributed by atoms with E-state index in [0.717, 1.165) is 37.7 Å². The molecule has 0 aliphatic heterocycles. The molecule has 224 valence electrons. The van der Waals surface area contributed by atoms with E-state index in [2.05, 4.69) is 34.6 Å². The number of rotatable bonds is 19. The molecule has 0 N–H and O–H groups in total. The number of aryl methyl sites for hydroxylation is 1. The number of aromatic carboxylic acids is 1. The summed E-state index contributed by atoms with van der Waals surface area (Å²) in [6.45, 7) is 15.7. The van der Waals surface area contributed by atoms with Crippen molar-refractivity contribution in [1.82, 2.24) is 0 Å². The average Bonchev–Trinajstić information content (AvgIpc) is 2.93. The van der Waals surface area contributed by atoms with Crippen molar-refractivity contribution in [3.8, 4) is 0 Å². The van der Waals surface area contributed by atoms with Gasteiger partial charge < -0.3 is 19.8 Å². The van der Waals surface area contributed by atoms with Crippen molar-refractivity contribution in [3.05, 3.63) is 49.2 Å². The molecule has 0 unspecified atom stereocenters. The largest absolute Gasteiger partial charge is 2.00 e. The Kier molecular flexibility index (Phi) is 45.1. The van der Waals surface area contributed by atoms with Crippen LogP contribution in [0, 0.1) is 13.8 Å². The predicted molar refractivity (Wildman–Crippen MR) is 166 cm³/mol. The summed E-state index contributed by atoms with van der Waals surface area (Å²) < 4.78 is 0. The van der Waals surface area contributed by atoms with E-state index in [1.807, 2.05) is 6.92 Å². The van der Waals surface area contributed by atoms with Crippen molar-refractivity contribution >= 4 is 35.8 Å². The van der Waals surface area contributed by atoms with Crippen LogP contribution < -0.4 is 10.2 Å². The topological polar surface area (TPSA) is 80.3 Å². The number of carbonyl (C=O) groups excluding carboxylic acids is 2. The van der Waals surface area contributed by atoms with E-state index in [1.54, 1.807) is 24.3 Å². The molecule has 0 aromatic heterocycles. The van der Waals surface area contributed by atoms with Crippen LogP contribution in [0.25, 0.3) is 0 Å². The summed E-state index contributed by atoms with van der Waals surface area (Å²) >= 11 is 0. The first kappa shape index (κ1) is 45.0. The summed E-state index contributed by atoms with van der Waals surface area (Å²) in [6.07, 6.45) is 23.9. The summed E-state index contributed by atoms with van der Waals surface area (Å²) in [4.78, 5) is 20.5. The van der Waals surface area contributed by atoms with Crippen LogP contribution in [0.5, 0.6) is 0 Å². The molecule has 0 fully saturated rings. The molecule has 1 rings (SSSR count). The zero-order valence-electron chi connectivity index (χ0n) is 26.0. The second kappa shape index (κ2) is 39.1. The quantitative estimate of drug-likeness (QED) is 0.112. The SMILES string of the molecule is CCCCCCCCCCCCCCCCC(=O)[O-].CCc1ccc(C(=O)[O-])cc1.[CH2]CCC.[CH2]CCC.[Sn+2]. The molecule has 0 amide bonds. The minimum Gasteiger partial charge on any atom is -0.550 e. The Morgan fingerprint density at radius 2 is 0.923 bits per heavy atom. The Morgan fingerprint density at radius 3 is 1.18 bits per heavy atom. The van der Waals surface area contributed by atoms with Crippen LogP contribution in [-0.4, -0.2) is 35.8 Å². The Labute approximate surface area is 260 Å². The van der Waals surface area contributed by atoms with E-state index in [1.165, 1.54) is 89.9 Å². The minimum atomic E-state index is -1.12. The average molecular weight is 652 g/mol. The third-order valence-corrected chi connectivity index (χ3v) is 6.04. The van der Waals surface area contributed by atoms with Crippen molar-refractivity contribution < 1.29 is 19.8 Å². The minimum absolute atomic E-state index is 0. The maximum atomic E-state index is 10.3. The van der Waals surface area contributed by atoms with Gasteiger partial charge in [-0.1, -0.05) is 175 Å². The zero-order chi connectivity index (χ0) is 29.3. The number of unbranched alkanes of at least 4 members (excludes halogenated alkanes) is 15. The molecule has 4 radical (unpaired) electrons. The fourth-order valence-electron chi connectivity index (χ4n) is 3.34. The molecular formula is C34H60O4Sn. The van der Waals surface area contributed by atoms with Gasteiger partial charge in [0, 0.05) is 5.97 Å². The Balaban J connectivity index is -0.000000256. The van der Waals surface area contributed by atoms with E-state index >= 15 is 0 Å². The first-order valence-electron chi connectivity index (χ1n) is 15.4. The number of carboxylic acid groups (broad SMARTS) is 2. The molecule has 4 nitrogen and oxygen atoms in total. The van der Waals surface area contributed by atoms with Gasteiger partial charge in [0.15, 0.2) is 0 Å². The normalized spacial score (nSPS) is 9.49. The Bertz CT molecular complexity index is 594. The number of benzene rings is 1. The molecule has 39 heavy (non-hydrogen) atoms. The Morgan fingerprint density at radius 1 is 0.590 bits per heavy atom. The number of carboxylic acids is 2. The summed E-state index contributed by atoms with van der Waals surface area (Å²) in [7, 11) is 0. The van der Waals surface area contributed by atoms with Crippen molar-refractivity contribution in [2.75, 3.05) is 0 Å². The fraction of sp³-hybridized carbons (Fsp3) is 0.706. The number of hydrogen-bond donors (Lipinski definition) is 0. The first-order chi connectivity index (χ1) is 18.3. The number of hydrogen-bond acceptors (Lipinski definition) is 4. The van der Waals surface area contributed by atoms with Gasteiger partial charge in [-0.2, -0.15) is 0 Å². The third-order valence-electron chi connectivity index (χ3n) is 6.04. The van der Waals surface area contributed by atoms with Gasteiger partial charge in [-0.05, 0) is 30.4 Å². The van der Waals surface area contributed by atoms with E-state index in [0.29, 0.717) is 0 Å². The van der Waals surface area contributed by atoms with Crippen LogP contribution in [0.3, 0.4) is 0 Å². The molecule has 0 saturated heterocycles. The third kappa shape index (κ3) is 41.6. The van der Waals surface area contributed by atoms with Gasteiger partial charge in [-0.3, -0.25) is 0 Å². The van der Waals surface area contributed by atoms with Gasteiger partial charge in [0.25, 0.3) is 0 Å². The molecule has 0 atom stereocenters. The van der Waals surface area contributed by atoms with Gasteiger partial charge >= 0.3 is 23.9 Å². The van der Waals surface area contributed by atoms with Gasteiger partial charge in [0.2, 0.25) is 0 Å². The van der Waals surface area contributed by atoms with Crippen LogP contribution in [0.4, 0.5) is 0 Å². The van der Waals surface area contributed by atoms with Gasteiger partial charge in [0.1, 0.15) is 0 Å². The summed E-state index contributed by atoms with van der Waals surface area (Å²) in [5, 5.41) is 20.5. The summed E-state index contributed by atoms with van der Waals surface area (Å²) in [5.74, 6) is -2.02. The van der Waals surface area contributed by atoms with Crippen molar-refractivity contribution in [3.63, 3.8) is 0 Å². The standard InChI is InChI=1S/C17H34O2.C9H10O2.2C4H9.Sn/c1-2-3-4-5-6-7-8-9-10-11-12-13-14-15-16-17(18)19;1-2-7-3-5-8(6-4-7)9(10)11;2*1-3-4-2;/h2-16H2,1H3,(H,18,19);3-6H,2H2,1H3,(H,10,11);2*1,3-4H2,2H3;/q;;;;+2/p-2.